The van der Waals surface area contributed by atoms with Gasteiger partial charge in [0.1, 0.15) is 58.3 Å². The highest BCUT2D eigenvalue weighted by molar-refractivity contribution is 5.75. The molecular formula is C38H62O20. The van der Waals surface area contributed by atoms with Crippen LogP contribution in [-0.4, -0.2) is 155 Å². The first-order valence-electron chi connectivity index (χ1n) is 19.0. The van der Waals surface area contributed by atoms with Crippen LogP contribution >= 0.6 is 0 Å². The molecule has 0 saturated carbocycles. The molecule has 0 aliphatic rings. The van der Waals surface area contributed by atoms with E-state index < -0.39 is 85.5 Å². The molecule has 58 heavy (non-hydrogen) atoms. The van der Waals surface area contributed by atoms with Crippen LogP contribution in [0.3, 0.4) is 0 Å². The van der Waals surface area contributed by atoms with Crippen molar-refractivity contribution in [2.75, 3.05) is 108 Å². The number of methoxy groups -OCH3 is 4. The molecule has 0 aromatic carbocycles. The normalized spacial score (nSPS) is 11.5. The Bertz CT molecular complexity index is 1110. The quantitative estimate of drug-likeness (QED) is 0.0496. The van der Waals surface area contributed by atoms with Gasteiger partial charge in [-0.25, -0.2) is 0 Å². The summed E-state index contributed by atoms with van der Waals surface area (Å²) in [5.41, 5.74) is -1.65. The molecule has 0 aromatic heterocycles. The zero-order valence-electron chi connectivity index (χ0n) is 34.5. The number of rotatable bonds is 36. The van der Waals surface area contributed by atoms with Gasteiger partial charge in [-0.15, -0.1) is 0 Å². The second-order valence-electron chi connectivity index (χ2n) is 12.9. The summed E-state index contributed by atoms with van der Waals surface area (Å²) in [6.07, 6.45) is -0.729. The summed E-state index contributed by atoms with van der Waals surface area (Å²) < 4.78 is 61.4. The molecule has 0 amide bonds. The van der Waals surface area contributed by atoms with E-state index in [4.69, 9.17) is 56.8 Å². The molecule has 0 radical (unpaired) electrons. The minimum absolute atomic E-state index is 0.0439. The lowest BCUT2D eigenvalue weighted by atomic mass is 9.91. The summed E-state index contributed by atoms with van der Waals surface area (Å²) in [5, 5.41) is 0. The Balaban J connectivity index is 5.91. The maximum absolute atomic E-state index is 13.1. The van der Waals surface area contributed by atoms with Crippen LogP contribution in [0.4, 0.5) is 0 Å². The fourth-order valence-electron chi connectivity index (χ4n) is 4.36. The van der Waals surface area contributed by atoms with Crippen LogP contribution in [-0.2, 0) is 95.2 Å². The summed E-state index contributed by atoms with van der Waals surface area (Å²) in [4.78, 5) is 99.4. The van der Waals surface area contributed by atoms with Crippen molar-refractivity contribution in [3.8, 4) is 0 Å². The van der Waals surface area contributed by atoms with Crippen LogP contribution in [0.15, 0.2) is 0 Å². The third-order valence-electron chi connectivity index (χ3n) is 7.81. The minimum Gasteiger partial charge on any atom is -0.465 e. The molecule has 1 atom stereocenters. The van der Waals surface area contributed by atoms with Gasteiger partial charge in [0.15, 0.2) is 0 Å². The van der Waals surface area contributed by atoms with Gasteiger partial charge in [-0.3, -0.25) is 38.4 Å². The molecule has 0 aromatic rings. The molecule has 1 unspecified atom stereocenters. The Morgan fingerprint density at radius 2 is 0.621 bits per heavy atom. The summed E-state index contributed by atoms with van der Waals surface area (Å²) in [6.45, 7) is 0.236. The van der Waals surface area contributed by atoms with Crippen LogP contribution < -0.4 is 0 Å². The third-order valence-corrected chi connectivity index (χ3v) is 7.81. The smallest absolute Gasteiger partial charge is 0.308 e. The molecule has 0 aliphatic heterocycles. The first-order chi connectivity index (χ1) is 27.8. The molecule has 334 valence electrons. The van der Waals surface area contributed by atoms with Crippen LogP contribution in [0.5, 0.6) is 0 Å². The van der Waals surface area contributed by atoms with Gasteiger partial charge in [0.25, 0.3) is 0 Å². The van der Waals surface area contributed by atoms with Crippen LogP contribution in [0.2, 0.25) is 0 Å². The lowest BCUT2D eigenvalue weighted by Crippen LogP contribution is -2.44. The van der Waals surface area contributed by atoms with Crippen LogP contribution in [0.1, 0.15) is 77.6 Å². The molecule has 0 aliphatic carbocycles. The highest BCUT2D eigenvalue weighted by Crippen LogP contribution is 2.24. The Morgan fingerprint density at radius 3 is 0.914 bits per heavy atom. The predicted molar refractivity (Wildman–Crippen MR) is 198 cm³/mol. The van der Waals surface area contributed by atoms with E-state index in [0.29, 0.717) is 0 Å². The molecule has 20 nitrogen and oxygen atoms in total. The van der Waals surface area contributed by atoms with Gasteiger partial charge in [-0.2, -0.15) is 0 Å². The number of carbonyl (C=O) groups excluding carboxylic acids is 8. The van der Waals surface area contributed by atoms with E-state index in [0.717, 1.165) is 0 Å². The Kier molecular flexibility index (Phi) is 32.0. The minimum atomic E-state index is -1.65. The molecule has 0 N–H and O–H groups in total. The number of carbonyl (C=O) groups is 8. The predicted octanol–water partition coefficient (Wildman–Crippen LogP) is 1.83. The van der Waals surface area contributed by atoms with Crippen molar-refractivity contribution in [1.82, 2.24) is 0 Å². The Hall–Kier alpha value is -4.40. The fraction of sp³-hybridized carbons (Fsp3) is 0.789. The average molecular weight is 839 g/mol. The SMILES string of the molecule is COCCOC(=O)CCCC(=O)OCC(COC(=O)CCCC(=O)OCCOC)(COC(=O)CCCC(=O)OCCOC)COC(=O)C(C)CCC(=O)OCCOC. The van der Waals surface area contributed by atoms with Gasteiger partial charge in [0, 0.05) is 73.4 Å². The van der Waals surface area contributed by atoms with Gasteiger partial charge >= 0.3 is 47.8 Å². The largest absolute Gasteiger partial charge is 0.465 e. The first-order valence-corrected chi connectivity index (χ1v) is 19.0. The maximum Gasteiger partial charge on any atom is 0.308 e. The summed E-state index contributed by atoms with van der Waals surface area (Å²) >= 11 is 0. The third kappa shape index (κ3) is 29.8. The molecule has 0 rings (SSSR count). The van der Waals surface area contributed by atoms with Gasteiger partial charge in [-0.1, -0.05) is 6.92 Å². The first kappa shape index (κ1) is 53.6. The van der Waals surface area contributed by atoms with Crippen molar-refractivity contribution in [1.29, 1.82) is 0 Å². The Labute approximate surface area is 339 Å². The second-order valence-corrected chi connectivity index (χ2v) is 12.9. The molecule has 0 heterocycles. The molecule has 0 fully saturated rings. The van der Waals surface area contributed by atoms with Crippen molar-refractivity contribution < 1.29 is 95.2 Å². The van der Waals surface area contributed by atoms with Gasteiger partial charge in [0.05, 0.1) is 32.3 Å². The van der Waals surface area contributed by atoms with Gasteiger partial charge in [-0.05, 0) is 25.7 Å². The summed E-state index contributed by atoms with van der Waals surface area (Å²) in [7, 11) is 5.81. The fourth-order valence-corrected chi connectivity index (χ4v) is 4.36. The monoisotopic (exact) mass is 838 g/mol. The van der Waals surface area contributed by atoms with Crippen LogP contribution in [0, 0.1) is 11.3 Å². The van der Waals surface area contributed by atoms with Crippen molar-refractivity contribution in [3.05, 3.63) is 0 Å². The zero-order valence-corrected chi connectivity index (χ0v) is 34.5. The summed E-state index contributed by atoms with van der Waals surface area (Å²) in [6, 6.07) is 0. The molecule has 20 heteroatoms. The van der Waals surface area contributed by atoms with Crippen LogP contribution in [0.25, 0.3) is 0 Å². The average Bonchev–Trinajstić information content (AvgIpc) is 3.19. The van der Waals surface area contributed by atoms with Crippen molar-refractivity contribution in [2.24, 2.45) is 11.3 Å². The number of esters is 8. The van der Waals surface area contributed by atoms with E-state index in [2.05, 4.69) is 0 Å². The number of ether oxygens (including phenoxy) is 12. The van der Waals surface area contributed by atoms with E-state index in [-0.39, 0.29) is 123 Å². The van der Waals surface area contributed by atoms with E-state index in [9.17, 15) is 38.4 Å². The number of hydrogen-bond donors (Lipinski definition) is 0. The molecular weight excluding hydrogens is 776 g/mol. The van der Waals surface area contributed by atoms with E-state index >= 15 is 0 Å². The van der Waals surface area contributed by atoms with Crippen molar-refractivity contribution in [2.45, 2.75) is 77.6 Å². The van der Waals surface area contributed by atoms with Gasteiger partial charge in [0.2, 0.25) is 0 Å². The molecule has 0 saturated heterocycles. The van der Waals surface area contributed by atoms with E-state index in [1.165, 1.54) is 35.4 Å². The zero-order chi connectivity index (χ0) is 43.4. The van der Waals surface area contributed by atoms with Gasteiger partial charge < -0.3 is 56.8 Å². The lowest BCUT2D eigenvalue weighted by molar-refractivity contribution is -0.172. The molecule has 0 bridgehead atoms. The highest BCUT2D eigenvalue weighted by Gasteiger charge is 2.38. The molecule has 0 spiro atoms. The summed E-state index contributed by atoms with van der Waals surface area (Å²) in [5.74, 6) is -6.06. The number of hydrogen-bond acceptors (Lipinski definition) is 20. The topological polar surface area (TPSA) is 247 Å². The van der Waals surface area contributed by atoms with Crippen molar-refractivity contribution >= 4 is 47.8 Å². The van der Waals surface area contributed by atoms with E-state index in [1.54, 1.807) is 0 Å². The second kappa shape index (κ2) is 34.6. The Morgan fingerprint density at radius 1 is 0.362 bits per heavy atom. The van der Waals surface area contributed by atoms with E-state index in [1.807, 2.05) is 0 Å². The standard InChI is InChI=1S/C38H62O20/c1-29(15-16-36(45)54-24-20-50-5)37(46)58-28-38(25-55-33(42)12-6-9-30(39)51-21-17-47-2,26-56-34(43)13-7-10-31(40)52-22-18-48-3)27-57-35(44)14-8-11-32(41)53-23-19-49-4/h29H,6-28H2,1-5H3. The lowest BCUT2D eigenvalue weighted by Gasteiger charge is -2.32. The van der Waals surface area contributed by atoms with Crippen molar-refractivity contribution in [3.63, 3.8) is 0 Å². The highest BCUT2D eigenvalue weighted by atomic mass is 16.6. The maximum atomic E-state index is 13.1.